The molecule has 0 radical (unpaired) electrons. The number of hydrogen-bond acceptors (Lipinski definition) is 3. The molecule has 0 bridgehead atoms. The van der Waals surface area contributed by atoms with Crippen LogP contribution < -0.4 is 5.32 Å². The highest BCUT2D eigenvalue weighted by Crippen LogP contribution is 2.53. The third-order valence-electron chi connectivity index (χ3n) is 4.03. The maximum absolute atomic E-state index is 13.6. The molecule has 2 rings (SSSR count). The Morgan fingerprint density at radius 3 is 1.93 bits per heavy atom. The van der Waals surface area contributed by atoms with Gasteiger partial charge in [0, 0.05) is 10.9 Å². The smallest absolute Gasteiger partial charge is 0.296 e. The molecular formula is C17H13F9N2OS. The summed E-state index contributed by atoms with van der Waals surface area (Å²) in [6, 6.07) is 6.71. The van der Waals surface area contributed by atoms with Crippen LogP contribution >= 0.6 is 11.3 Å². The predicted molar refractivity (Wildman–Crippen MR) is 91.2 cm³/mol. The molecule has 166 valence electrons. The largest absolute Gasteiger partial charge is 0.460 e. The van der Waals surface area contributed by atoms with Gasteiger partial charge in [0.25, 0.3) is 0 Å². The molecule has 2 aromatic rings. The summed E-state index contributed by atoms with van der Waals surface area (Å²) in [6.45, 7) is 3.87. The number of amides is 1. The number of hydrogen-bond donors (Lipinski definition) is 1. The van der Waals surface area contributed by atoms with Crippen LogP contribution in [-0.2, 0) is 4.79 Å². The summed E-state index contributed by atoms with van der Waals surface area (Å²) in [7, 11) is 0. The van der Waals surface area contributed by atoms with Gasteiger partial charge >= 0.3 is 29.9 Å². The normalized spacial score (nSPS) is 13.6. The van der Waals surface area contributed by atoms with Crippen molar-refractivity contribution in [1.82, 2.24) is 4.98 Å². The van der Waals surface area contributed by atoms with Crippen molar-refractivity contribution in [1.29, 1.82) is 0 Å². The first-order valence-electron chi connectivity index (χ1n) is 8.10. The van der Waals surface area contributed by atoms with Crippen LogP contribution in [0.3, 0.4) is 0 Å². The summed E-state index contributed by atoms with van der Waals surface area (Å²) < 4.78 is 116. The van der Waals surface area contributed by atoms with Crippen molar-refractivity contribution in [3.05, 3.63) is 35.2 Å². The summed E-state index contributed by atoms with van der Waals surface area (Å²) in [5.41, 5.74) is 1.58. The zero-order chi connectivity index (χ0) is 23.1. The molecule has 1 amide bonds. The number of rotatable bonds is 6. The summed E-state index contributed by atoms with van der Waals surface area (Å²) in [4.78, 5) is 15.1. The second-order valence-corrected chi connectivity index (χ2v) is 7.35. The number of nitrogens with zero attached hydrogens (tertiary/aromatic N) is 1. The van der Waals surface area contributed by atoms with E-state index in [0.717, 1.165) is 5.56 Å². The number of alkyl halides is 9. The lowest BCUT2D eigenvalue weighted by Crippen LogP contribution is -2.64. The van der Waals surface area contributed by atoms with Crippen molar-refractivity contribution in [3.63, 3.8) is 0 Å². The number of benzene rings is 1. The zero-order valence-corrected chi connectivity index (χ0v) is 15.9. The van der Waals surface area contributed by atoms with Crippen LogP contribution in [0.15, 0.2) is 29.6 Å². The standard InChI is InChI=1S/C17H13F9N2OS/c1-8(2)9-3-5-10(6-4-9)11-7-30-13(27-11)28-12(29)14(18,19)15(20,21)16(22,23)17(24,25)26/h3-8H,1-2H3,(H,27,28,29). The molecule has 13 heteroatoms. The first kappa shape index (κ1) is 24.0. The van der Waals surface area contributed by atoms with Crippen LogP contribution in [0, 0.1) is 0 Å². The minimum Gasteiger partial charge on any atom is -0.296 e. The Bertz CT molecular complexity index is 905. The first-order valence-corrected chi connectivity index (χ1v) is 8.98. The second kappa shape index (κ2) is 7.75. The van der Waals surface area contributed by atoms with Gasteiger partial charge in [-0.3, -0.25) is 10.1 Å². The number of carbonyl (C=O) groups excluding carboxylic acids is 1. The Morgan fingerprint density at radius 1 is 0.933 bits per heavy atom. The van der Waals surface area contributed by atoms with Crippen LogP contribution in [0.2, 0.25) is 0 Å². The third-order valence-corrected chi connectivity index (χ3v) is 4.79. The molecule has 30 heavy (non-hydrogen) atoms. The quantitative estimate of drug-likeness (QED) is 0.507. The van der Waals surface area contributed by atoms with Crippen molar-refractivity contribution >= 4 is 22.4 Å². The highest BCUT2D eigenvalue weighted by Gasteiger charge is 2.83. The molecule has 0 saturated carbocycles. The van der Waals surface area contributed by atoms with E-state index in [0.29, 0.717) is 16.9 Å². The van der Waals surface area contributed by atoms with E-state index in [4.69, 9.17) is 0 Å². The highest BCUT2D eigenvalue weighted by atomic mass is 32.1. The fourth-order valence-corrected chi connectivity index (χ4v) is 2.91. The van der Waals surface area contributed by atoms with E-state index in [2.05, 4.69) is 4.98 Å². The molecule has 0 aliphatic carbocycles. The van der Waals surface area contributed by atoms with Gasteiger partial charge in [-0.25, -0.2) is 4.98 Å². The molecule has 1 heterocycles. The van der Waals surface area contributed by atoms with Crippen LogP contribution in [0.1, 0.15) is 25.3 Å². The number of nitrogens with one attached hydrogen (secondary N) is 1. The molecule has 1 N–H and O–H groups in total. The van der Waals surface area contributed by atoms with Gasteiger partial charge in [0.1, 0.15) is 0 Å². The zero-order valence-electron chi connectivity index (χ0n) is 15.1. The summed E-state index contributed by atoms with van der Waals surface area (Å²) in [5, 5.41) is 1.73. The van der Waals surface area contributed by atoms with E-state index in [1.807, 2.05) is 13.8 Å². The number of aromatic nitrogens is 1. The molecule has 0 saturated heterocycles. The Hall–Kier alpha value is -2.31. The van der Waals surface area contributed by atoms with Crippen molar-refractivity contribution in [2.75, 3.05) is 5.32 Å². The van der Waals surface area contributed by atoms with Gasteiger partial charge < -0.3 is 0 Å². The Morgan fingerprint density at radius 2 is 1.47 bits per heavy atom. The van der Waals surface area contributed by atoms with Gasteiger partial charge in [-0.2, -0.15) is 39.5 Å². The molecule has 3 nitrogen and oxygen atoms in total. The minimum atomic E-state index is -7.15. The monoisotopic (exact) mass is 464 g/mol. The Kier molecular flexibility index (Phi) is 6.19. The first-order chi connectivity index (χ1) is 13.5. The Balaban J connectivity index is 2.23. The lowest BCUT2D eigenvalue weighted by atomic mass is 10.0. The lowest BCUT2D eigenvalue weighted by molar-refractivity contribution is -0.388. The molecule has 0 atom stereocenters. The maximum Gasteiger partial charge on any atom is 0.460 e. The topological polar surface area (TPSA) is 42.0 Å². The molecule has 0 spiro atoms. The van der Waals surface area contributed by atoms with Crippen molar-refractivity contribution in [2.24, 2.45) is 0 Å². The van der Waals surface area contributed by atoms with E-state index in [1.165, 1.54) is 10.7 Å². The van der Waals surface area contributed by atoms with E-state index < -0.39 is 35.0 Å². The van der Waals surface area contributed by atoms with Gasteiger partial charge in [-0.1, -0.05) is 38.1 Å². The van der Waals surface area contributed by atoms with Crippen molar-refractivity contribution in [2.45, 2.75) is 43.7 Å². The van der Waals surface area contributed by atoms with E-state index in [1.54, 1.807) is 24.3 Å². The summed E-state index contributed by atoms with van der Waals surface area (Å²) in [5.74, 6) is -23.4. The Labute approximate surface area is 167 Å². The van der Waals surface area contributed by atoms with E-state index in [9.17, 15) is 44.3 Å². The molecule has 1 aromatic carbocycles. The maximum atomic E-state index is 13.6. The fourth-order valence-electron chi connectivity index (χ4n) is 2.20. The van der Waals surface area contributed by atoms with Gasteiger partial charge in [-0.15, -0.1) is 11.3 Å². The predicted octanol–water partition coefficient (Wildman–Crippen LogP) is 6.34. The van der Waals surface area contributed by atoms with E-state index in [-0.39, 0.29) is 11.6 Å². The average molecular weight is 464 g/mol. The number of anilines is 1. The van der Waals surface area contributed by atoms with E-state index >= 15 is 0 Å². The lowest BCUT2D eigenvalue weighted by Gasteiger charge is -2.32. The van der Waals surface area contributed by atoms with Crippen LogP contribution in [0.5, 0.6) is 0 Å². The molecule has 0 aliphatic rings. The summed E-state index contributed by atoms with van der Waals surface area (Å²) >= 11 is 0.492. The molecule has 0 aliphatic heterocycles. The second-order valence-electron chi connectivity index (χ2n) is 6.49. The highest BCUT2D eigenvalue weighted by molar-refractivity contribution is 7.14. The minimum absolute atomic E-state index is 0.140. The van der Waals surface area contributed by atoms with Gasteiger partial charge in [0.2, 0.25) is 0 Å². The number of carbonyl (C=O) groups is 1. The summed E-state index contributed by atoms with van der Waals surface area (Å²) in [6.07, 6.45) is -7.00. The van der Waals surface area contributed by atoms with Gasteiger partial charge in [0.15, 0.2) is 5.13 Å². The van der Waals surface area contributed by atoms with Gasteiger partial charge in [0.05, 0.1) is 5.69 Å². The van der Waals surface area contributed by atoms with Crippen LogP contribution in [-0.4, -0.2) is 34.8 Å². The molecule has 0 fully saturated rings. The molecule has 1 aromatic heterocycles. The van der Waals surface area contributed by atoms with Crippen molar-refractivity contribution < 1.29 is 44.3 Å². The SMILES string of the molecule is CC(C)c1ccc(-c2csc(NC(=O)C(F)(F)C(F)(F)C(F)(F)C(F)(F)F)n2)cc1. The number of thiazole rings is 1. The fraction of sp³-hybridized carbons (Fsp3) is 0.412. The average Bonchev–Trinajstić information content (AvgIpc) is 3.08. The van der Waals surface area contributed by atoms with Gasteiger partial charge in [-0.05, 0) is 11.5 Å². The molecule has 0 unspecified atom stereocenters. The third kappa shape index (κ3) is 4.12. The van der Waals surface area contributed by atoms with Crippen LogP contribution in [0.4, 0.5) is 44.6 Å². The van der Waals surface area contributed by atoms with Crippen LogP contribution in [0.25, 0.3) is 11.3 Å². The molecular weight excluding hydrogens is 451 g/mol. The number of halogens is 9. The van der Waals surface area contributed by atoms with Crippen molar-refractivity contribution in [3.8, 4) is 11.3 Å².